The van der Waals surface area contributed by atoms with Gasteiger partial charge in [0, 0.05) is 19.1 Å². The van der Waals surface area contributed by atoms with Crippen molar-refractivity contribution in [3.63, 3.8) is 0 Å². The van der Waals surface area contributed by atoms with Crippen molar-refractivity contribution in [2.75, 3.05) is 13.6 Å². The molecule has 0 bridgehead atoms. The number of hydrogen-bond donors (Lipinski definition) is 1. The van der Waals surface area contributed by atoms with Crippen LogP contribution in [0.15, 0.2) is 29.2 Å². The molecule has 1 aromatic rings. The van der Waals surface area contributed by atoms with Crippen LogP contribution >= 0.6 is 0 Å². The zero-order valence-corrected chi connectivity index (χ0v) is 13.8. The second-order valence-electron chi connectivity index (χ2n) is 5.73. The van der Waals surface area contributed by atoms with Crippen LogP contribution in [0, 0.1) is 0 Å². The average molecular weight is 310 g/mol. The lowest BCUT2D eigenvalue weighted by atomic mass is 10.0. The van der Waals surface area contributed by atoms with Crippen molar-refractivity contribution in [3.8, 4) is 0 Å². The SMILES string of the molecule is CCCC1CCCCN1S(=O)(=O)c1ccc(CNC)cc1. The van der Waals surface area contributed by atoms with E-state index in [2.05, 4.69) is 12.2 Å². The third kappa shape index (κ3) is 3.84. The Morgan fingerprint density at radius 1 is 1.24 bits per heavy atom. The van der Waals surface area contributed by atoms with E-state index in [1.807, 2.05) is 19.2 Å². The maximum absolute atomic E-state index is 12.9. The van der Waals surface area contributed by atoms with Gasteiger partial charge in [0.15, 0.2) is 0 Å². The molecule has 0 amide bonds. The highest BCUT2D eigenvalue weighted by Crippen LogP contribution is 2.27. The lowest BCUT2D eigenvalue weighted by Gasteiger charge is -2.34. The molecule has 0 spiro atoms. The fraction of sp³-hybridized carbons (Fsp3) is 0.625. The molecule has 21 heavy (non-hydrogen) atoms. The largest absolute Gasteiger partial charge is 0.316 e. The van der Waals surface area contributed by atoms with Gasteiger partial charge in [-0.2, -0.15) is 4.31 Å². The molecule has 1 atom stereocenters. The van der Waals surface area contributed by atoms with Crippen LogP contribution in [-0.4, -0.2) is 32.4 Å². The van der Waals surface area contributed by atoms with E-state index < -0.39 is 10.0 Å². The number of hydrogen-bond acceptors (Lipinski definition) is 3. The maximum atomic E-state index is 12.9. The van der Waals surface area contributed by atoms with Gasteiger partial charge >= 0.3 is 0 Å². The zero-order valence-electron chi connectivity index (χ0n) is 13.0. The standard InChI is InChI=1S/C16H26N2O2S/c1-3-6-15-7-4-5-12-18(15)21(19,20)16-10-8-14(9-11-16)13-17-2/h8-11,15,17H,3-7,12-13H2,1-2H3. The molecule has 0 radical (unpaired) electrons. The first kappa shape index (κ1) is 16.5. The molecule has 1 fully saturated rings. The summed E-state index contributed by atoms with van der Waals surface area (Å²) >= 11 is 0. The van der Waals surface area contributed by atoms with Crippen molar-refractivity contribution in [1.82, 2.24) is 9.62 Å². The Morgan fingerprint density at radius 3 is 2.57 bits per heavy atom. The van der Waals surface area contributed by atoms with Gasteiger partial charge < -0.3 is 5.32 Å². The van der Waals surface area contributed by atoms with Gasteiger partial charge in [0.1, 0.15) is 0 Å². The van der Waals surface area contributed by atoms with Crippen molar-refractivity contribution in [2.45, 2.75) is 56.5 Å². The molecule has 1 heterocycles. The van der Waals surface area contributed by atoms with Crippen LogP contribution in [0.3, 0.4) is 0 Å². The molecule has 1 aliphatic heterocycles. The number of nitrogens with one attached hydrogen (secondary N) is 1. The third-order valence-corrected chi connectivity index (χ3v) is 6.07. The van der Waals surface area contributed by atoms with Crippen LogP contribution in [0.2, 0.25) is 0 Å². The highest BCUT2D eigenvalue weighted by atomic mass is 32.2. The van der Waals surface area contributed by atoms with Gasteiger partial charge in [-0.1, -0.05) is 31.9 Å². The van der Waals surface area contributed by atoms with Gasteiger partial charge in [-0.15, -0.1) is 0 Å². The van der Waals surface area contributed by atoms with Crippen LogP contribution in [0.25, 0.3) is 0 Å². The summed E-state index contributed by atoms with van der Waals surface area (Å²) in [6.45, 7) is 3.53. The summed E-state index contributed by atoms with van der Waals surface area (Å²) in [5, 5.41) is 3.07. The maximum Gasteiger partial charge on any atom is 0.243 e. The van der Waals surface area contributed by atoms with Gasteiger partial charge in [0.2, 0.25) is 10.0 Å². The average Bonchev–Trinajstić information content (AvgIpc) is 2.49. The summed E-state index contributed by atoms with van der Waals surface area (Å²) in [6, 6.07) is 7.43. The van der Waals surface area contributed by atoms with E-state index >= 15 is 0 Å². The number of nitrogens with zero attached hydrogens (tertiary/aromatic N) is 1. The molecule has 1 unspecified atom stereocenters. The minimum Gasteiger partial charge on any atom is -0.316 e. The molecule has 1 saturated heterocycles. The highest BCUT2D eigenvalue weighted by molar-refractivity contribution is 7.89. The second kappa shape index (κ2) is 7.38. The normalized spacial score (nSPS) is 20.6. The monoisotopic (exact) mass is 310 g/mol. The number of sulfonamides is 1. The molecular formula is C16H26N2O2S. The Morgan fingerprint density at radius 2 is 1.95 bits per heavy atom. The van der Waals surface area contributed by atoms with Gasteiger partial charge in [-0.3, -0.25) is 0 Å². The van der Waals surface area contributed by atoms with Crippen LogP contribution in [-0.2, 0) is 16.6 Å². The van der Waals surface area contributed by atoms with Gasteiger partial charge in [0.05, 0.1) is 4.90 Å². The molecule has 0 aromatic heterocycles. The van der Waals surface area contributed by atoms with Crippen molar-refractivity contribution in [1.29, 1.82) is 0 Å². The Labute approximate surface area is 128 Å². The van der Waals surface area contributed by atoms with Crippen molar-refractivity contribution in [3.05, 3.63) is 29.8 Å². The lowest BCUT2D eigenvalue weighted by Crippen LogP contribution is -2.43. The number of piperidine rings is 1. The topological polar surface area (TPSA) is 49.4 Å². The highest BCUT2D eigenvalue weighted by Gasteiger charge is 2.32. The molecular weight excluding hydrogens is 284 g/mol. The van der Waals surface area contributed by atoms with Crippen molar-refractivity contribution >= 4 is 10.0 Å². The predicted molar refractivity (Wildman–Crippen MR) is 85.6 cm³/mol. The van der Waals surface area contributed by atoms with Gasteiger partial charge in [0.25, 0.3) is 0 Å². The molecule has 2 rings (SSSR count). The molecule has 5 heteroatoms. The number of benzene rings is 1. The quantitative estimate of drug-likeness (QED) is 0.879. The predicted octanol–water partition coefficient (Wildman–Crippen LogP) is 2.75. The van der Waals surface area contributed by atoms with E-state index in [0.717, 1.165) is 44.2 Å². The van der Waals surface area contributed by atoms with Crippen LogP contribution < -0.4 is 5.32 Å². The summed E-state index contributed by atoms with van der Waals surface area (Å²) in [5.74, 6) is 0. The van der Waals surface area contributed by atoms with Crippen LogP contribution in [0.1, 0.15) is 44.6 Å². The Kier molecular flexibility index (Phi) is 5.79. The van der Waals surface area contributed by atoms with Crippen molar-refractivity contribution < 1.29 is 8.42 Å². The van der Waals surface area contributed by atoms with E-state index in [1.165, 1.54) is 0 Å². The first-order chi connectivity index (χ1) is 10.1. The Balaban J connectivity index is 2.22. The first-order valence-corrected chi connectivity index (χ1v) is 9.29. The van der Waals surface area contributed by atoms with E-state index in [0.29, 0.717) is 11.4 Å². The van der Waals surface area contributed by atoms with E-state index in [1.54, 1.807) is 16.4 Å². The minimum absolute atomic E-state index is 0.172. The van der Waals surface area contributed by atoms with E-state index in [9.17, 15) is 8.42 Å². The molecule has 1 aromatic carbocycles. The smallest absolute Gasteiger partial charge is 0.243 e. The summed E-state index contributed by atoms with van der Waals surface area (Å²) in [5.41, 5.74) is 1.10. The van der Waals surface area contributed by atoms with Crippen LogP contribution in [0.5, 0.6) is 0 Å². The Bertz CT molecular complexity index is 538. The van der Waals surface area contributed by atoms with Gasteiger partial charge in [-0.25, -0.2) is 8.42 Å². The van der Waals surface area contributed by atoms with E-state index in [4.69, 9.17) is 0 Å². The third-order valence-electron chi connectivity index (χ3n) is 4.11. The fourth-order valence-electron chi connectivity index (χ4n) is 3.03. The summed E-state index contributed by atoms with van der Waals surface area (Å²) < 4.78 is 27.4. The van der Waals surface area contributed by atoms with Crippen LogP contribution in [0.4, 0.5) is 0 Å². The molecule has 4 nitrogen and oxygen atoms in total. The molecule has 1 aliphatic rings. The van der Waals surface area contributed by atoms with E-state index in [-0.39, 0.29) is 6.04 Å². The first-order valence-electron chi connectivity index (χ1n) is 7.85. The zero-order chi connectivity index (χ0) is 15.3. The number of rotatable bonds is 6. The minimum atomic E-state index is -3.35. The summed E-state index contributed by atoms with van der Waals surface area (Å²) in [7, 11) is -1.47. The molecule has 118 valence electrons. The summed E-state index contributed by atoms with van der Waals surface area (Å²) in [6.07, 6.45) is 5.08. The molecule has 1 N–H and O–H groups in total. The van der Waals surface area contributed by atoms with Gasteiger partial charge in [-0.05, 0) is 44.0 Å². The fourth-order valence-corrected chi connectivity index (χ4v) is 4.75. The molecule has 0 saturated carbocycles. The Hall–Kier alpha value is -0.910. The lowest BCUT2D eigenvalue weighted by molar-refractivity contribution is 0.239. The van der Waals surface area contributed by atoms with Crippen molar-refractivity contribution in [2.24, 2.45) is 0 Å². The second-order valence-corrected chi connectivity index (χ2v) is 7.62. The molecule has 0 aliphatic carbocycles. The summed E-state index contributed by atoms with van der Waals surface area (Å²) in [4.78, 5) is 0.422.